The second-order valence-corrected chi connectivity index (χ2v) is 6.28. The quantitative estimate of drug-likeness (QED) is 0.190. The fraction of sp³-hybridized carbons (Fsp3) is 0.682. The molecule has 0 radical (unpaired) electrons. The SMILES string of the molecule is CCCCC/C=C\C[C@@H](CC/C=C\C/C=C\CCCC(=O)OC)OC. The van der Waals surface area contributed by atoms with Crippen molar-refractivity contribution in [1.82, 2.24) is 0 Å². The number of rotatable bonds is 16. The molecule has 0 rings (SSSR count). The Morgan fingerprint density at radius 3 is 2.24 bits per heavy atom. The maximum atomic E-state index is 11.0. The lowest BCUT2D eigenvalue weighted by molar-refractivity contribution is -0.140. The molecule has 144 valence electrons. The second-order valence-electron chi connectivity index (χ2n) is 6.28. The maximum Gasteiger partial charge on any atom is 0.305 e. The fourth-order valence-electron chi connectivity index (χ4n) is 2.47. The Bertz CT molecular complexity index is 383. The van der Waals surface area contributed by atoms with Crippen molar-refractivity contribution >= 4 is 5.97 Å². The third-order valence-corrected chi connectivity index (χ3v) is 4.11. The Hall–Kier alpha value is -1.35. The van der Waals surface area contributed by atoms with Crippen molar-refractivity contribution in [3.05, 3.63) is 36.5 Å². The van der Waals surface area contributed by atoms with Crippen LogP contribution in [0, 0.1) is 0 Å². The minimum atomic E-state index is -0.128. The van der Waals surface area contributed by atoms with Gasteiger partial charge in [-0.3, -0.25) is 4.79 Å². The molecule has 0 aromatic rings. The lowest BCUT2D eigenvalue weighted by Gasteiger charge is -2.11. The molecule has 0 fully saturated rings. The highest BCUT2D eigenvalue weighted by molar-refractivity contribution is 5.69. The van der Waals surface area contributed by atoms with Gasteiger partial charge in [-0.1, -0.05) is 56.2 Å². The Kier molecular flexibility index (Phi) is 18.0. The van der Waals surface area contributed by atoms with Crippen molar-refractivity contribution < 1.29 is 14.3 Å². The predicted molar refractivity (Wildman–Crippen MR) is 107 cm³/mol. The summed E-state index contributed by atoms with van der Waals surface area (Å²) in [7, 11) is 3.23. The minimum Gasteiger partial charge on any atom is -0.469 e. The van der Waals surface area contributed by atoms with Crippen LogP contribution < -0.4 is 0 Å². The van der Waals surface area contributed by atoms with Gasteiger partial charge in [0.2, 0.25) is 0 Å². The van der Waals surface area contributed by atoms with Gasteiger partial charge < -0.3 is 9.47 Å². The van der Waals surface area contributed by atoms with E-state index in [1.807, 2.05) is 0 Å². The van der Waals surface area contributed by atoms with Gasteiger partial charge in [0.15, 0.2) is 0 Å². The zero-order valence-electron chi connectivity index (χ0n) is 16.5. The molecule has 0 bridgehead atoms. The van der Waals surface area contributed by atoms with Gasteiger partial charge in [0, 0.05) is 13.5 Å². The molecule has 0 saturated carbocycles. The normalized spacial score (nSPS) is 13.2. The van der Waals surface area contributed by atoms with E-state index in [1.165, 1.54) is 32.8 Å². The van der Waals surface area contributed by atoms with E-state index in [4.69, 9.17) is 4.74 Å². The van der Waals surface area contributed by atoms with Crippen LogP contribution in [-0.2, 0) is 14.3 Å². The first-order valence-electron chi connectivity index (χ1n) is 9.79. The third-order valence-electron chi connectivity index (χ3n) is 4.11. The highest BCUT2D eigenvalue weighted by atomic mass is 16.5. The van der Waals surface area contributed by atoms with Crippen LogP contribution >= 0.6 is 0 Å². The van der Waals surface area contributed by atoms with Crippen LogP contribution in [0.5, 0.6) is 0 Å². The van der Waals surface area contributed by atoms with E-state index >= 15 is 0 Å². The average molecular weight is 351 g/mol. The van der Waals surface area contributed by atoms with Gasteiger partial charge in [0.1, 0.15) is 0 Å². The molecule has 1 atom stereocenters. The highest BCUT2D eigenvalue weighted by Crippen LogP contribution is 2.09. The van der Waals surface area contributed by atoms with Gasteiger partial charge in [-0.05, 0) is 51.4 Å². The number of hydrogen-bond donors (Lipinski definition) is 0. The maximum absolute atomic E-state index is 11.0. The molecule has 0 aliphatic rings. The Balaban J connectivity index is 3.64. The minimum absolute atomic E-state index is 0.128. The summed E-state index contributed by atoms with van der Waals surface area (Å²) in [5, 5.41) is 0. The van der Waals surface area contributed by atoms with Crippen LogP contribution in [0.3, 0.4) is 0 Å². The first kappa shape index (κ1) is 23.6. The molecule has 0 spiro atoms. The van der Waals surface area contributed by atoms with Crippen molar-refractivity contribution in [2.45, 2.75) is 83.7 Å². The van der Waals surface area contributed by atoms with Crippen molar-refractivity contribution in [1.29, 1.82) is 0 Å². The molecule has 3 heteroatoms. The number of ether oxygens (including phenoxy) is 2. The molecule has 0 saturated heterocycles. The van der Waals surface area contributed by atoms with Gasteiger partial charge in [0.05, 0.1) is 13.2 Å². The summed E-state index contributed by atoms with van der Waals surface area (Å²) in [6.45, 7) is 2.24. The molecule has 3 nitrogen and oxygen atoms in total. The second kappa shape index (κ2) is 19.0. The van der Waals surface area contributed by atoms with Crippen molar-refractivity contribution in [3.8, 4) is 0 Å². The molecule has 0 aliphatic carbocycles. The average Bonchev–Trinajstić information content (AvgIpc) is 2.63. The van der Waals surface area contributed by atoms with Crippen LogP contribution in [0.2, 0.25) is 0 Å². The van der Waals surface area contributed by atoms with E-state index in [0.717, 1.165) is 38.5 Å². The summed E-state index contributed by atoms with van der Waals surface area (Å²) >= 11 is 0. The summed E-state index contributed by atoms with van der Waals surface area (Å²) in [4.78, 5) is 11.0. The molecule has 0 unspecified atom stereocenters. The lowest BCUT2D eigenvalue weighted by Crippen LogP contribution is -2.08. The smallest absolute Gasteiger partial charge is 0.305 e. The number of allylic oxidation sites excluding steroid dienone is 5. The van der Waals surface area contributed by atoms with Crippen molar-refractivity contribution in [3.63, 3.8) is 0 Å². The van der Waals surface area contributed by atoms with E-state index in [1.54, 1.807) is 7.11 Å². The summed E-state index contributed by atoms with van der Waals surface area (Å²) in [6, 6.07) is 0. The van der Waals surface area contributed by atoms with E-state index in [-0.39, 0.29) is 5.97 Å². The molecule has 0 aliphatic heterocycles. The van der Waals surface area contributed by atoms with Gasteiger partial charge in [0.25, 0.3) is 0 Å². The molecule has 0 aromatic carbocycles. The highest BCUT2D eigenvalue weighted by Gasteiger charge is 2.02. The van der Waals surface area contributed by atoms with Crippen molar-refractivity contribution in [2.75, 3.05) is 14.2 Å². The van der Waals surface area contributed by atoms with Crippen molar-refractivity contribution in [2.24, 2.45) is 0 Å². The number of hydrogen-bond acceptors (Lipinski definition) is 3. The summed E-state index contributed by atoms with van der Waals surface area (Å²) < 4.78 is 10.2. The van der Waals surface area contributed by atoms with Crippen LogP contribution in [0.4, 0.5) is 0 Å². The van der Waals surface area contributed by atoms with Crippen LogP contribution in [-0.4, -0.2) is 26.3 Å². The Morgan fingerprint density at radius 1 is 0.880 bits per heavy atom. The molecule has 0 N–H and O–H groups in total. The van der Waals surface area contributed by atoms with E-state index in [9.17, 15) is 4.79 Å². The standard InChI is InChI=1S/C22H38O3/c1-4-5-6-7-12-15-18-21(24-2)19-16-13-10-8-9-11-14-17-20-22(23)25-3/h9-13,15,21H,4-8,14,16-20H2,1-3H3/b11-9-,13-10-,15-12-/t21-/m0/s1. The molecular formula is C22H38O3. The van der Waals surface area contributed by atoms with E-state index in [0.29, 0.717) is 12.5 Å². The van der Waals surface area contributed by atoms with Crippen LogP contribution in [0.1, 0.15) is 77.6 Å². The number of carbonyl (C=O) groups is 1. The van der Waals surface area contributed by atoms with E-state index < -0.39 is 0 Å². The van der Waals surface area contributed by atoms with Gasteiger partial charge >= 0.3 is 5.97 Å². The topological polar surface area (TPSA) is 35.5 Å². The largest absolute Gasteiger partial charge is 0.469 e. The molecular weight excluding hydrogens is 312 g/mol. The summed E-state index contributed by atoms with van der Waals surface area (Å²) in [5.74, 6) is -0.128. The molecule has 0 heterocycles. The van der Waals surface area contributed by atoms with Crippen LogP contribution in [0.25, 0.3) is 0 Å². The molecule has 25 heavy (non-hydrogen) atoms. The zero-order chi connectivity index (χ0) is 18.6. The van der Waals surface area contributed by atoms with Gasteiger partial charge in [-0.25, -0.2) is 0 Å². The van der Waals surface area contributed by atoms with Gasteiger partial charge in [-0.2, -0.15) is 0 Å². The summed E-state index contributed by atoms with van der Waals surface area (Å²) in [5.41, 5.74) is 0. The third kappa shape index (κ3) is 17.3. The summed E-state index contributed by atoms with van der Waals surface area (Å²) in [6.07, 6.45) is 25.1. The molecule has 0 amide bonds. The Labute approximate surface area is 155 Å². The van der Waals surface area contributed by atoms with E-state index in [2.05, 4.69) is 48.1 Å². The monoisotopic (exact) mass is 350 g/mol. The number of methoxy groups -OCH3 is 2. The Morgan fingerprint density at radius 2 is 1.56 bits per heavy atom. The van der Waals surface area contributed by atoms with Crippen LogP contribution in [0.15, 0.2) is 36.5 Å². The number of unbranched alkanes of at least 4 members (excludes halogenated alkanes) is 4. The zero-order valence-corrected chi connectivity index (χ0v) is 16.5. The lowest BCUT2D eigenvalue weighted by atomic mass is 10.1. The first-order valence-corrected chi connectivity index (χ1v) is 9.79. The van der Waals surface area contributed by atoms with Gasteiger partial charge in [-0.15, -0.1) is 0 Å². The number of esters is 1. The predicted octanol–water partition coefficient (Wildman–Crippen LogP) is 6.15. The number of carbonyl (C=O) groups excluding carboxylic acids is 1. The fourth-order valence-corrected chi connectivity index (χ4v) is 2.47. The first-order chi connectivity index (χ1) is 12.2. The molecule has 0 aromatic heterocycles.